The maximum Gasteiger partial charge on any atom is 0.160 e. The van der Waals surface area contributed by atoms with Gasteiger partial charge < -0.3 is 4.42 Å². The summed E-state index contributed by atoms with van der Waals surface area (Å²) in [6.07, 6.45) is 0. The molecule has 0 N–H and O–H groups in total. The van der Waals surface area contributed by atoms with Gasteiger partial charge in [-0.25, -0.2) is 9.97 Å². The number of hydrogen-bond acceptors (Lipinski definition) is 3. The van der Waals surface area contributed by atoms with Crippen molar-refractivity contribution in [3.63, 3.8) is 0 Å². The highest BCUT2D eigenvalue weighted by Gasteiger charge is 2.17. The topological polar surface area (TPSA) is 38.9 Å². The minimum atomic E-state index is 0.693. The van der Waals surface area contributed by atoms with Gasteiger partial charge in [0.05, 0.1) is 11.4 Å². The number of nitrogens with zero attached hydrogens (tertiary/aromatic N) is 2. The molecule has 8 aromatic carbocycles. The van der Waals surface area contributed by atoms with Crippen LogP contribution in [0, 0.1) is 0 Å². The van der Waals surface area contributed by atoms with Crippen LogP contribution in [-0.4, -0.2) is 9.97 Å². The summed E-state index contributed by atoms with van der Waals surface area (Å²) in [5.41, 5.74) is 11.1. The van der Waals surface area contributed by atoms with Crippen LogP contribution in [0.1, 0.15) is 0 Å². The summed E-state index contributed by atoms with van der Waals surface area (Å²) in [5.74, 6) is 0.693. The predicted octanol–water partition coefficient (Wildman–Crippen LogP) is 13.0. The second-order valence-electron chi connectivity index (χ2n) is 13.0. The fourth-order valence-corrected chi connectivity index (χ4v) is 7.36. The molecular weight excluding hydrogens is 621 g/mol. The highest BCUT2D eigenvalue weighted by molar-refractivity contribution is 6.13. The van der Waals surface area contributed by atoms with E-state index in [2.05, 4.69) is 152 Å². The van der Waals surface area contributed by atoms with Gasteiger partial charge in [0.2, 0.25) is 0 Å². The molecule has 10 rings (SSSR count). The van der Waals surface area contributed by atoms with Crippen LogP contribution in [0.15, 0.2) is 186 Å². The summed E-state index contributed by atoms with van der Waals surface area (Å²) in [6, 6.07) is 64.0. The third kappa shape index (κ3) is 5.15. The standard InChI is InChI=1S/C48H30N2O/c1-3-13-31(14-4-1)35-25-36(33-23-24-47-43(28-33)41-21-11-12-22-46(41)51-47)27-37(26-35)44-30-45(50-48(49-44)32-15-5-2-6-16-32)42-29-34-17-7-8-18-38(34)39-19-9-10-20-40(39)42/h1-30H. The lowest BCUT2D eigenvalue weighted by Crippen LogP contribution is -1.97. The molecule has 2 heterocycles. The summed E-state index contributed by atoms with van der Waals surface area (Å²) < 4.78 is 6.18. The first-order valence-corrected chi connectivity index (χ1v) is 17.2. The molecule has 0 aliphatic heterocycles. The molecule has 0 radical (unpaired) electrons. The van der Waals surface area contributed by atoms with Crippen molar-refractivity contribution in [1.82, 2.24) is 9.97 Å². The second-order valence-corrected chi connectivity index (χ2v) is 13.0. The van der Waals surface area contributed by atoms with Gasteiger partial charge >= 0.3 is 0 Å². The van der Waals surface area contributed by atoms with Crippen LogP contribution >= 0.6 is 0 Å². The number of hydrogen-bond donors (Lipinski definition) is 0. The van der Waals surface area contributed by atoms with Crippen molar-refractivity contribution in [2.75, 3.05) is 0 Å². The monoisotopic (exact) mass is 650 g/mol. The van der Waals surface area contributed by atoms with Gasteiger partial charge in [0, 0.05) is 27.5 Å². The molecule has 51 heavy (non-hydrogen) atoms. The number of fused-ring (bicyclic) bond motifs is 6. The Labute approximate surface area is 295 Å². The first kappa shape index (κ1) is 29.1. The summed E-state index contributed by atoms with van der Waals surface area (Å²) in [4.78, 5) is 10.5. The fraction of sp³-hybridized carbons (Fsp3) is 0. The summed E-state index contributed by atoms with van der Waals surface area (Å²) in [5, 5.41) is 7.01. The van der Waals surface area contributed by atoms with E-state index in [1.54, 1.807) is 0 Å². The van der Waals surface area contributed by atoms with Gasteiger partial charge in [0.15, 0.2) is 5.82 Å². The van der Waals surface area contributed by atoms with Crippen LogP contribution in [0.4, 0.5) is 0 Å². The Morgan fingerprint density at radius 3 is 1.71 bits per heavy atom. The van der Waals surface area contributed by atoms with Crippen molar-refractivity contribution in [2.45, 2.75) is 0 Å². The highest BCUT2D eigenvalue weighted by Crippen LogP contribution is 2.39. The van der Waals surface area contributed by atoms with Gasteiger partial charge in [-0.05, 0) is 92.3 Å². The lowest BCUT2D eigenvalue weighted by atomic mass is 9.93. The Morgan fingerprint density at radius 2 is 0.902 bits per heavy atom. The third-order valence-corrected chi connectivity index (χ3v) is 9.85. The first-order chi connectivity index (χ1) is 25.2. The van der Waals surface area contributed by atoms with Gasteiger partial charge in [-0.3, -0.25) is 0 Å². The molecule has 0 bridgehead atoms. The zero-order valence-corrected chi connectivity index (χ0v) is 27.6. The smallest absolute Gasteiger partial charge is 0.160 e. The molecule has 0 saturated heterocycles. The van der Waals surface area contributed by atoms with Crippen LogP contribution in [0.2, 0.25) is 0 Å². The van der Waals surface area contributed by atoms with Crippen LogP contribution in [0.3, 0.4) is 0 Å². The first-order valence-electron chi connectivity index (χ1n) is 17.2. The number of aromatic nitrogens is 2. The van der Waals surface area contributed by atoms with Gasteiger partial charge in [-0.1, -0.05) is 133 Å². The maximum absolute atomic E-state index is 6.18. The van der Waals surface area contributed by atoms with Gasteiger partial charge in [0.1, 0.15) is 11.2 Å². The molecule has 0 saturated carbocycles. The number of rotatable bonds is 5. The van der Waals surface area contributed by atoms with E-state index in [-0.39, 0.29) is 0 Å². The average molecular weight is 651 g/mol. The normalized spacial score (nSPS) is 11.5. The SMILES string of the molecule is c1ccc(-c2cc(-c3ccc4oc5ccccc5c4c3)cc(-c3cc(-c4cc5ccccc5c5ccccc45)nc(-c4ccccc4)n3)c2)cc1. The molecule has 0 aliphatic carbocycles. The van der Waals surface area contributed by atoms with Gasteiger partial charge in [-0.2, -0.15) is 0 Å². The molecule has 0 spiro atoms. The Hall–Kier alpha value is -6.84. The Balaban J connectivity index is 1.23. The summed E-state index contributed by atoms with van der Waals surface area (Å²) >= 11 is 0. The van der Waals surface area contributed by atoms with Crippen molar-refractivity contribution in [2.24, 2.45) is 0 Å². The van der Waals surface area contributed by atoms with E-state index in [0.29, 0.717) is 5.82 Å². The summed E-state index contributed by atoms with van der Waals surface area (Å²) in [6.45, 7) is 0. The molecule has 238 valence electrons. The molecule has 2 aromatic heterocycles. The van der Waals surface area contributed by atoms with Crippen LogP contribution < -0.4 is 0 Å². The third-order valence-electron chi connectivity index (χ3n) is 9.85. The largest absolute Gasteiger partial charge is 0.456 e. The van der Waals surface area contributed by atoms with Crippen molar-refractivity contribution in [3.8, 4) is 56.2 Å². The van der Waals surface area contributed by atoms with Crippen molar-refractivity contribution < 1.29 is 4.42 Å². The zero-order chi connectivity index (χ0) is 33.7. The molecule has 3 heteroatoms. The number of furan rings is 1. The van der Waals surface area contributed by atoms with E-state index in [1.807, 2.05) is 30.3 Å². The quantitative estimate of drug-likeness (QED) is 0.174. The van der Waals surface area contributed by atoms with E-state index in [1.165, 1.54) is 21.5 Å². The van der Waals surface area contributed by atoms with Crippen LogP contribution in [-0.2, 0) is 0 Å². The summed E-state index contributed by atoms with van der Waals surface area (Å²) in [7, 11) is 0. The Morgan fingerprint density at radius 1 is 0.314 bits per heavy atom. The molecule has 0 atom stereocenters. The lowest BCUT2D eigenvalue weighted by molar-refractivity contribution is 0.669. The van der Waals surface area contributed by atoms with Crippen LogP contribution in [0.5, 0.6) is 0 Å². The minimum absolute atomic E-state index is 0.693. The number of benzene rings is 8. The van der Waals surface area contributed by atoms with E-state index in [0.717, 1.165) is 72.3 Å². The molecule has 0 unspecified atom stereocenters. The number of para-hydroxylation sites is 1. The fourth-order valence-electron chi connectivity index (χ4n) is 7.36. The highest BCUT2D eigenvalue weighted by atomic mass is 16.3. The van der Waals surface area contributed by atoms with Crippen molar-refractivity contribution in [1.29, 1.82) is 0 Å². The molecule has 0 fully saturated rings. The molecule has 10 aromatic rings. The zero-order valence-electron chi connectivity index (χ0n) is 27.6. The van der Waals surface area contributed by atoms with Crippen molar-refractivity contribution in [3.05, 3.63) is 182 Å². The van der Waals surface area contributed by atoms with Gasteiger partial charge in [-0.15, -0.1) is 0 Å². The van der Waals surface area contributed by atoms with Gasteiger partial charge in [0.25, 0.3) is 0 Å². The maximum atomic E-state index is 6.18. The van der Waals surface area contributed by atoms with E-state index in [4.69, 9.17) is 14.4 Å². The van der Waals surface area contributed by atoms with Crippen molar-refractivity contribution >= 4 is 43.5 Å². The molecule has 0 aliphatic rings. The Bertz CT molecular complexity index is 2910. The van der Waals surface area contributed by atoms with E-state index in [9.17, 15) is 0 Å². The lowest BCUT2D eigenvalue weighted by Gasteiger charge is -2.15. The molecular formula is C48H30N2O. The average Bonchev–Trinajstić information content (AvgIpc) is 3.59. The predicted molar refractivity (Wildman–Crippen MR) is 212 cm³/mol. The Kier molecular flexibility index (Phi) is 6.81. The van der Waals surface area contributed by atoms with Crippen LogP contribution in [0.25, 0.3) is 99.6 Å². The second kappa shape index (κ2) is 11.9. The minimum Gasteiger partial charge on any atom is -0.456 e. The molecule has 3 nitrogen and oxygen atoms in total. The van der Waals surface area contributed by atoms with E-state index >= 15 is 0 Å². The molecule has 0 amide bonds. The van der Waals surface area contributed by atoms with E-state index < -0.39 is 0 Å².